The third-order valence-corrected chi connectivity index (χ3v) is 6.11. The Hall–Kier alpha value is -1.75. The van der Waals surface area contributed by atoms with E-state index in [1.54, 1.807) is 12.1 Å². The van der Waals surface area contributed by atoms with Gasteiger partial charge in [0, 0.05) is 12.0 Å². The number of halogens is 3. The second-order valence-electron chi connectivity index (χ2n) is 6.23. The molecule has 7 heteroatoms. The lowest BCUT2D eigenvalue weighted by Gasteiger charge is -2.38. The molecule has 0 spiro atoms. The molecular formula is C18H13Cl3N2O2. The molecule has 0 saturated carbocycles. The van der Waals surface area contributed by atoms with Crippen molar-refractivity contribution in [1.29, 1.82) is 0 Å². The van der Waals surface area contributed by atoms with E-state index >= 15 is 0 Å². The predicted molar refractivity (Wildman–Crippen MR) is 101 cm³/mol. The van der Waals surface area contributed by atoms with Crippen LogP contribution in [0.2, 0.25) is 15.1 Å². The molecule has 4 rings (SSSR count). The van der Waals surface area contributed by atoms with Crippen molar-refractivity contribution in [1.82, 2.24) is 0 Å². The van der Waals surface area contributed by atoms with Crippen LogP contribution in [0.5, 0.6) is 0 Å². The van der Waals surface area contributed by atoms with Crippen molar-refractivity contribution in [3.8, 4) is 0 Å². The van der Waals surface area contributed by atoms with Crippen LogP contribution >= 0.6 is 34.8 Å². The fourth-order valence-electron chi connectivity index (χ4n) is 3.88. The summed E-state index contributed by atoms with van der Waals surface area (Å²) in [6.45, 7) is 0. The van der Waals surface area contributed by atoms with Crippen molar-refractivity contribution in [3.05, 3.63) is 78.8 Å². The second-order valence-corrected chi connectivity index (χ2v) is 7.42. The summed E-state index contributed by atoms with van der Waals surface area (Å²) in [6.07, 6.45) is 4.88. The van der Waals surface area contributed by atoms with E-state index in [0.717, 1.165) is 12.0 Å². The van der Waals surface area contributed by atoms with Crippen molar-refractivity contribution < 1.29 is 4.92 Å². The first-order valence-corrected chi connectivity index (χ1v) is 8.96. The first kappa shape index (κ1) is 16.7. The maximum Gasteiger partial charge on any atom is 0.275 e. The van der Waals surface area contributed by atoms with Crippen LogP contribution in [0.1, 0.15) is 29.5 Å². The lowest BCUT2D eigenvalue weighted by atomic mass is 9.76. The van der Waals surface area contributed by atoms with Gasteiger partial charge in [0.25, 0.3) is 5.69 Å². The highest BCUT2D eigenvalue weighted by Gasteiger charge is 2.43. The van der Waals surface area contributed by atoms with E-state index in [2.05, 4.69) is 11.4 Å². The van der Waals surface area contributed by atoms with E-state index < -0.39 is 0 Å². The summed E-state index contributed by atoms with van der Waals surface area (Å²) in [5.41, 5.74) is 2.21. The summed E-state index contributed by atoms with van der Waals surface area (Å²) >= 11 is 19.0. The summed E-state index contributed by atoms with van der Waals surface area (Å²) in [4.78, 5) is 11.1. The number of benzene rings is 2. The number of hydrogen-bond acceptors (Lipinski definition) is 3. The fraction of sp³-hybridized carbons (Fsp3) is 0.222. The summed E-state index contributed by atoms with van der Waals surface area (Å²) in [5.74, 6) is 0.0241. The Morgan fingerprint density at radius 2 is 1.92 bits per heavy atom. The topological polar surface area (TPSA) is 55.2 Å². The quantitative estimate of drug-likeness (QED) is 0.364. The van der Waals surface area contributed by atoms with Crippen molar-refractivity contribution in [2.45, 2.75) is 18.4 Å². The molecule has 1 heterocycles. The Balaban J connectivity index is 1.90. The van der Waals surface area contributed by atoms with Gasteiger partial charge in [-0.3, -0.25) is 10.1 Å². The van der Waals surface area contributed by atoms with Gasteiger partial charge in [-0.15, -0.1) is 0 Å². The maximum atomic E-state index is 11.5. The summed E-state index contributed by atoms with van der Waals surface area (Å²) in [7, 11) is 0. The van der Waals surface area contributed by atoms with Crippen molar-refractivity contribution in [2.75, 3.05) is 5.32 Å². The molecule has 0 bridgehead atoms. The lowest BCUT2D eigenvalue weighted by molar-refractivity contribution is -0.385. The van der Waals surface area contributed by atoms with E-state index in [0.29, 0.717) is 26.3 Å². The summed E-state index contributed by atoms with van der Waals surface area (Å²) in [5, 5.41) is 16.3. The Kier molecular flexibility index (Phi) is 4.14. The minimum absolute atomic E-state index is 0.0871. The van der Waals surface area contributed by atoms with E-state index in [1.165, 1.54) is 6.07 Å². The Morgan fingerprint density at radius 1 is 1.12 bits per heavy atom. The van der Waals surface area contributed by atoms with Crippen molar-refractivity contribution in [3.63, 3.8) is 0 Å². The van der Waals surface area contributed by atoms with Gasteiger partial charge in [-0.05, 0) is 30.0 Å². The van der Waals surface area contributed by atoms with E-state index in [1.807, 2.05) is 18.2 Å². The van der Waals surface area contributed by atoms with Gasteiger partial charge in [0.2, 0.25) is 0 Å². The smallest absolute Gasteiger partial charge is 0.275 e. The number of nitrogens with one attached hydrogen (secondary N) is 1. The van der Waals surface area contributed by atoms with Crippen molar-refractivity contribution >= 4 is 46.2 Å². The normalized spacial score (nSPS) is 23.7. The van der Waals surface area contributed by atoms with E-state index in [4.69, 9.17) is 34.8 Å². The minimum atomic E-state index is -0.354. The average molecular weight is 396 g/mol. The minimum Gasteiger partial charge on any atom is -0.376 e. The molecule has 0 amide bonds. The summed E-state index contributed by atoms with van der Waals surface area (Å²) < 4.78 is 0. The van der Waals surface area contributed by atoms with Crippen LogP contribution in [0.25, 0.3) is 0 Å². The van der Waals surface area contributed by atoms with E-state index in [-0.39, 0.29) is 28.5 Å². The van der Waals surface area contributed by atoms with Crippen LogP contribution in [0.4, 0.5) is 11.4 Å². The van der Waals surface area contributed by atoms with E-state index in [9.17, 15) is 10.1 Å². The molecule has 0 unspecified atom stereocenters. The van der Waals surface area contributed by atoms with Gasteiger partial charge in [-0.2, -0.15) is 0 Å². The number of rotatable bonds is 2. The highest BCUT2D eigenvalue weighted by Crippen LogP contribution is 2.55. The number of nitrogens with zero attached hydrogens (tertiary/aromatic N) is 1. The molecule has 1 aliphatic heterocycles. The third-order valence-electron chi connectivity index (χ3n) is 4.96. The van der Waals surface area contributed by atoms with Gasteiger partial charge in [0.15, 0.2) is 0 Å². The van der Waals surface area contributed by atoms with Crippen LogP contribution in [-0.4, -0.2) is 4.92 Å². The number of hydrogen-bond donors (Lipinski definition) is 1. The molecule has 0 aromatic heterocycles. The molecule has 4 nitrogen and oxygen atoms in total. The third kappa shape index (κ3) is 2.60. The molecule has 1 aliphatic carbocycles. The molecular weight excluding hydrogens is 383 g/mol. The van der Waals surface area contributed by atoms with Gasteiger partial charge in [0.1, 0.15) is 0 Å². The highest BCUT2D eigenvalue weighted by molar-refractivity contribution is 6.42. The van der Waals surface area contributed by atoms with Crippen LogP contribution in [0, 0.1) is 16.0 Å². The SMILES string of the molecule is O=[N+]([O-])c1ccc(Cl)c2c1[C@@H]1C=CC[C@@H]1[C@H](c1cccc(Cl)c1Cl)N2. The number of allylic oxidation sites excluding steroid dienone is 2. The number of nitro groups is 1. The van der Waals surface area contributed by atoms with Gasteiger partial charge in [-0.1, -0.05) is 59.1 Å². The first-order valence-electron chi connectivity index (χ1n) is 7.83. The number of fused-ring (bicyclic) bond motifs is 3. The highest BCUT2D eigenvalue weighted by atomic mass is 35.5. The van der Waals surface area contributed by atoms with Gasteiger partial charge < -0.3 is 5.32 Å². The average Bonchev–Trinajstić information content (AvgIpc) is 3.07. The lowest BCUT2D eigenvalue weighted by Crippen LogP contribution is -2.30. The fourth-order valence-corrected chi connectivity index (χ4v) is 4.53. The first-order chi connectivity index (χ1) is 12.0. The number of anilines is 1. The van der Waals surface area contributed by atoms with Crippen LogP contribution < -0.4 is 5.32 Å². The standard InChI is InChI=1S/C18H13Cl3N2O2/c19-12-6-2-5-11(16(12)21)17-10-4-1-3-9(10)15-14(23(24)25)8-7-13(20)18(15)22-17/h1-3,5-10,17,22H,4H2/t9-,10+,17-/m1/s1. The van der Waals surface area contributed by atoms with Crippen LogP contribution in [0.15, 0.2) is 42.5 Å². The molecule has 0 fully saturated rings. The molecule has 0 saturated heterocycles. The zero-order valence-corrected chi connectivity index (χ0v) is 15.1. The predicted octanol–water partition coefficient (Wildman–Crippen LogP) is 6.38. The Morgan fingerprint density at radius 3 is 2.68 bits per heavy atom. The zero-order valence-electron chi connectivity index (χ0n) is 12.9. The van der Waals surface area contributed by atoms with Gasteiger partial charge >= 0.3 is 0 Å². The molecule has 2 aromatic rings. The largest absolute Gasteiger partial charge is 0.376 e. The molecule has 25 heavy (non-hydrogen) atoms. The molecule has 2 aliphatic rings. The Bertz CT molecular complexity index is 913. The Labute approximate surface area is 159 Å². The van der Waals surface area contributed by atoms with Crippen LogP contribution in [-0.2, 0) is 0 Å². The molecule has 1 N–H and O–H groups in total. The zero-order chi connectivity index (χ0) is 17.7. The molecule has 2 aromatic carbocycles. The van der Waals surface area contributed by atoms with Gasteiger partial charge in [0.05, 0.1) is 37.3 Å². The van der Waals surface area contributed by atoms with Crippen molar-refractivity contribution in [2.24, 2.45) is 5.92 Å². The monoisotopic (exact) mass is 394 g/mol. The maximum absolute atomic E-state index is 11.5. The molecule has 128 valence electrons. The molecule has 3 atom stereocenters. The second kappa shape index (κ2) is 6.20. The van der Waals surface area contributed by atoms with Gasteiger partial charge in [-0.25, -0.2) is 0 Å². The van der Waals surface area contributed by atoms with Crippen LogP contribution in [0.3, 0.4) is 0 Å². The molecule has 0 radical (unpaired) electrons. The summed E-state index contributed by atoms with van der Waals surface area (Å²) in [6, 6.07) is 8.43. The number of nitro benzene ring substituents is 1.